The van der Waals surface area contributed by atoms with Gasteiger partial charge in [0.25, 0.3) is 0 Å². The second kappa shape index (κ2) is 16.6. The van der Waals surface area contributed by atoms with Gasteiger partial charge in [0.15, 0.2) is 12.0 Å². The molecule has 5 unspecified atom stereocenters. The van der Waals surface area contributed by atoms with E-state index in [1.165, 1.54) is 0 Å². The van der Waals surface area contributed by atoms with Crippen molar-refractivity contribution in [1.82, 2.24) is 16.0 Å². The third-order valence-electron chi connectivity index (χ3n) is 4.94. The van der Waals surface area contributed by atoms with E-state index in [1.807, 2.05) is 0 Å². The number of hydrogen-bond acceptors (Lipinski definition) is 9. The summed E-state index contributed by atoms with van der Waals surface area (Å²) in [6, 6.07) is -5.72. The molecule has 0 heterocycles. The van der Waals surface area contributed by atoms with Crippen molar-refractivity contribution in [2.45, 2.75) is 75.7 Å². The van der Waals surface area contributed by atoms with Crippen LogP contribution in [0.1, 0.15) is 45.4 Å². The number of aliphatic hydroxyl groups excluding tert-OH is 1. The molecule has 0 aliphatic rings. The smallest absolute Gasteiger partial charge is 0.328 e. The number of nitrogens with zero attached hydrogens (tertiary/aromatic N) is 1. The van der Waals surface area contributed by atoms with Crippen molar-refractivity contribution in [2.75, 3.05) is 6.54 Å². The van der Waals surface area contributed by atoms with Crippen LogP contribution >= 0.6 is 0 Å². The molecule has 0 aliphatic carbocycles. The second-order valence-electron chi connectivity index (χ2n) is 8.18. The van der Waals surface area contributed by atoms with Crippen LogP contribution in [-0.2, 0) is 28.8 Å². The Balaban J connectivity index is 5.67. The summed E-state index contributed by atoms with van der Waals surface area (Å²) in [4.78, 5) is 75.1. The van der Waals surface area contributed by atoms with Crippen LogP contribution in [0.2, 0.25) is 0 Å². The van der Waals surface area contributed by atoms with Gasteiger partial charge >= 0.3 is 11.9 Å². The number of aliphatic hydroxyl groups is 1. The third-order valence-corrected chi connectivity index (χ3v) is 4.94. The number of carbonyl (C=O) groups is 6. The van der Waals surface area contributed by atoms with Crippen molar-refractivity contribution < 1.29 is 44.1 Å². The normalized spacial score (nSPS) is 14.7. The van der Waals surface area contributed by atoms with Crippen molar-refractivity contribution in [3.05, 3.63) is 0 Å². The SMILES string of the molecule is CC(O)C(NC(=O)C(CCCN=C(N)N)NC(=O)C(CCC(=O)O)NC(=O)C(N)CCC(N)=O)C(=O)O. The zero-order valence-corrected chi connectivity index (χ0v) is 20.4. The fourth-order valence-corrected chi connectivity index (χ4v) is 2.93. The van der Waals surface area contributed by atoms with Crippen molar-refractivity contribution in [1.29, 1.82) is 0 Å². The average Bonchev–Trinajstić information content (AvgIpc) is 2.78. The van der Waals surface area contributed by atoms with Crippen molar-refractivity contribution in [3.63, 3.8) is 0 Å². The largest absolute Gasteiger partial charge is 0.481 e. The zero-order chi connectivity index (χ0) is 28.7. The molecular weight excluding hydrogens is 496 g/mol. The number of guanidine groups is 1. The molecule has 0 saturated carbocycles. The third kappa shape index (κ3) is 14.2. The van der Waals surface area contributed by atoms with Gasteiger partial charge in [0, 0.05) is 19.4 Å². The Bertz CT molecular complexity index is 861. The van der Waals surface area contributed by atoms with Crippen molar-refractivity contribution in [3.8, 4) is 0 Å². The minimum Gasteiger partial charge on any atom is -0.481 e. The molecule has 0 aromatic heterocycles. The van der Waals surface area contributed by atoms with Gasteiger partial charge in [-0.2, -0.15) is 0 Å². The number of aliphatic imine (C=N–C) groups is 1. The van der Waals surface area contributed by atoms with Crippen molar-refractivity contribution in [2.24, 2.45) is 27.9 Å². The van der Waals surface area contributed by atoms with Gasteiger partial charge < -0.3 is 54.2 Å². The van der Waals surface area contributed by atoms with E-state index >= 15 is 0 Å². The predicted molar refractivity (Wildman–Crippen MR) is 128 cm³/mol. The van der Waals surface area contributed by atoms with E-state index in [2.05, 4.69) is 20.9 Å². The zero-order valence-electron chi connectivity index (χ0n) is 20.4. The average molecular weight is 533 g/mol. The Morgan fingerprint density at radius 3 is 1.84 bits per heavy atom. The number of carbonyl (C=O) groups excluding carboxylic acids is 4. The summed E-state index contributed by atoms with van der Waals surface area (Å²) in [5.41, 5.74) is 21.2. The summed E-state index contributed by atoms with van der Waals surface area (Å²) in [5.74, 6) is -6.48. The minimum absolute atomic E-state index is 0.0641. The van der Waals surface area contributed by atoms with E-state index in [9.17, 15) is 39.0 Å². The van der Waals surface area contributed by atoms with Crippen LogP contribution in [0.3, 0.4) is 0 Å². The Kier molecular flexibility index (Phi) is 14.8. The van der Waals surface area contributed by atoms with Crippen LogP contribution in [0.4, 0.5) is 0 Å². The molecule has 0 spiro atoms. The van der Waals surface area contributed by atoms with Gasteiger partial charge in [-0.3, -0.25) is 29.0 Å². The second-order valence-corrected chi connectivity index (χ2v) is 8.18. The monoisotopic (exact) mass is 532 g/mol. The highest BCUT2D eigenvalue weighted by Gasteiger charge is 2.32. The molecule has 0 fully saturated rings. The number of rotatable bonds is 18. The molecule has 17 heteroatoms. The van der Waals surface area contributed by atoms with Gasteiger partial charge in [0.05, 0.1) is 12.1 Å². The Labute approximate surface area is 212 Å². The Morgan fingerprint density at radius 1 is 0.811 bits per heavy atom. The molecule has 0 aromatic carbocycles. The molecule has 14 N–H and O–H groups in total. The van der Waals surface area contributed by atoms with Gasteiger partial charge in [-0.1, -0.05) is 0 Å². The summed E-state index contributed by atoms with van der Waals surface area (Å²) in [5, 5.41) is 34.6. The summed E-state index contributed by atoms with van der Waals surface area (Å²) in [6.45, 7) is 1.21. The first-order valence-corrected chi connectivity index (χ1v) is 11.3. The lowest BCUT2D eigenvalue weighted by Crippen LogP contribution is -2.58. The number of nitrogens with two attached hydrogens (primary N) is 4. The highest BCUT2D eigenvalue weighted by atomic mass is 16.4. The lowest BCUT2D eigenvalue weighted by molar-refractivity contribution is -0.145. The molecule has 210 valence electrons. The van der Waals surface area contributed by atoms with Gasteiger partial charge in [-0.05, 0) is 32.6 Å². The van der Waals surface area contributed by atoms with Crippen LogP contribution in [-0.4, -0.2) is 93.7 Å². The number of primary amides is 1. The van der Waals surface area contributed by atoms with E-state index in [-0.39, 0.29) is 44.6 Å². The number of carboxylic acid groups (broad SMARTS) is 2. The molecule has 0 rings (SSSR count). The maximum atomic E-state index is 12.9. The molecule has 0 aliphatic heterocycles. The van der Waals surface area contributed by atoms with Crippen molar-refractivity contribution >= 4 is 41.5 Å². The maximum absolute atomic E-state index is 12.9. The molecule has 0 saturated heterocycles. The number of hydrogen-bond donors (Lipinski definition) is 10. The predicted octanol–water partition coefficient (Wildman–Crippen LogP) is -4.58. The molecule has 4 amide bonds. The number of amides is 4. The molecule has 0 aromatic rings. The highest BCUT2D eigenvalue weighted by Crippen LogP contribution is 2.06. The van der Waals surface area contributed by atoms with E-state index < -0.39 is 72.3 Å². The first kappa shape index (κ1) is 33.0. The molecule has 5 atom stereocenters. The van der Waals surface area contributed by atoms with E-state index in [1.54, 1.807) is 0 Å². The summed E-state index contributed by atoms with van der Waals surface area (Å²) >= 11 is 0. The first-order valence-electron chi connectivity index (χ1n) is 11.3. The van der Waals surface area contributed by atoms with Gasteiger partial charge in [-0.15, -0.1) is 0 Å². The molecule has 17 nitrogen and oxygen atoms in total. The van der Waals surface area contributed by atoms with Crippen LogP contribution in [0.5, 0.6) is 0 Å². The molecule has 0 bridgehead atoms. The van der Waals surface area contributed by atoms with E-state index in [4.69, 9.17) is 28.0 Å². The number of nitrogens with one attached hydrogen (secondary N) is 3. The maximum Gasteiger partial charge on any atom is 0.328 e. The van der Waals surface area contributed by atoms with Gasteiger partial charge in [0.1, 0.15) is 12.1 Å². The van der Waals surface area contributed by atoms with Gasteiger partial charge in [-0.25, -0.2) is 4.79 Å². The van der Waals surface area contributed by atoms with Gasteiger partial charge in [0.2, 0.25) is 23.6 Å². The lowest BCUT2D eigenvalue weighted by atomic mass is 10.1. The topological polar surface area (TPSA) is 316 Å². The fraction of sp³-hybridized carbons (Fsp3) is 0.650. The Hall–Kier alpha value is -3.99. The van der Waals surface area contributed by atoms with Crippen LogP contribution < -0.4 is 38.9 Å². The molecular formula is C20H36N8O9. The minimum atomic E-state index is -1.68. The van der Waals surface area contributed by atoms with Crippen LogP contribution in [0, 0.1) is 0 Å². The Morgan fingerprint density at radius 2 is 1.35 bits per heavy atom. The summed E-state index contributed by atoms with van der Waals surface area (Å²) < 4.78 is 0. The lowest BCUT2D eigenvalue weighted by Gasteiger charge is -2.25. The van der Waals surface area contributed by atoms with Crippen LogP contribution in [0.25, 0.3) is 0 Å². The number of carboxylic acids is 2. The molecule has 37 heavy (non-hydrogen) atoms. The molecule has 0 radical (unpaired) electrons. The standard InChI is InChI=1S/C20H36N8O9/c1-9(29)15(19(36)37)28-18(35)11(3-2-8-25-20(23)24)27-17(34)12(5-7-14(31)32)26-16(33)10(21)4-6-13(22)30/h9-12,15,29H,2-8,21H2,1H3,(H2,22,30)(H,26,33)(H,27,34)(H,28,35)(H,31,32)(H,36,37)(H4,23,24,25). The highest BCUT2D eigenvalue weighted by molar-refractivity contribution is 5.94. The van der Waals surface area contributed by atoms with Crippen LogP contribution in [0.15, 0.2) is 4.99 Å². The first-order chi connectivity index (χ1) is 17.1. The van der Waals surface area contributed by atoms with E-state index in [0.29, 0.717) is 0 Å². The fourth-order valence-electron chi connectivity index (χ4n) is 2.93. The number of aliphatic carboxylic acids is 2. The summed E-state index contributed by atoms with van der Waals surface area (Å²) in [6.07, 6.45) is -2.62. The summed E-state index contributed by atoms with van der Waals surface area (Å²) in [7, 11) is 0. The van der Waals surface area contributed by atoms with E-state index in [0.717, 1.165) is 6.92 Å². The quantitative estimate of drug-likeness (QED) is 0.0453.